The van der Waals surface area contributed by atoms with E-state index in [2.05, 4.69) is 0 Å². The van der Waals surface area contributed by atoms with Crippen LogP contribution >= 0.6 is 0 Å². The quantitative estimate of drug-likeness (QED) is 0.0944. The second kappa shape index (κ2) is 18.6. The minimum Gasteiger partial charge on any atom is -0.286 e. The van der Waals surface area contributed by atoms with Gasteiger partial charge in [-0.05, 0) is 0 Å². The lowest BCUT2D eigenvalue weighted by molar-refractivity contribution is -0.566. The molecule has 0 bridgehead atoms. The maximum absolute atomic E-state index is 14.9. The third-order valence-corrected chi connectivity index (χ3v) is 7.26. The van der Waals surface area contributed by atoms with Gasteiger partial charge >= 0.3 is 133 Å². The number of hydrogen-bond donors (Lipinski definition) is 0. The lowest BCUT2D eigenvalue weighted by Crippen LogP contribution is -2.72. The van der Waals surface area contributed by atoms with Crippen molar-refractivity contribution in [3.63, 3.8) is 0 Å². The highest BCUT2D eigenvalue weighted by molar-refractivity contribution is 5.94. The Morgan fingerprint density at radius 1 is 0.184 bits per heavy atom. The molecule has 0 aromatic rings. The molecule has 0 saturated carbocycles. The van der Waals surface area contributed by atoms with Crippen LogP contribution in [0.15, 0.2) is 0 Å². The molecule has 0 heterocycles. The van der Waals surface area contributed by atoms with Crippen LogP contribution in [0.4, 0.5) is 202 Å². The van der Waals surface area contributed by atoms with E-state index < -0.39 is 139 Å². The molecular formula is C23F46O7. The van der Waals surface area contributed by atoms with Crippen molar-refractivity contribution in [1.82, 2.24) is 0 Å². The molecule has 0 saturated heterocycles. The summed E-state index contributed by atoms with van der Waals surface area (Å²) in [5.74, 6) is -81.1. The number of carbonyl (C=O) groups is 1. The highest BCUT2D eigenvalue weighted by atomic mass is 19.5. The first-order valence-corrected chi connectivity index (χ1v) is 15.3. The highest BCUT2D eigenvalue weighted by Crippen LogP contribution is 2.62. The molecule has 0 fully saturated rings. The van der Waals surface area contributed by atoms with Gasteiger partial charge in [-0.15, -0.1) is 0 Å². The molecule has 0 aliphatic rings. The molecule has 3 unspecified atom stereocenters. The van der Waals surface area contributed by atoms with Crippen LogP contribution in [0.5, 0.6) is 0 Å². The largest absolute Gasteiger partial charge is 0.462 e. The van der Waals surface area contributed by atoms with Crippen LogP contribution in [0.25, 0.3) is 0 Å². The van der Waals surface area contributed by atoms with Gasteiger partial charge in [-0.2, -0.15) is 202 Å². The van der Waals surface area contributed by atoms with Gasteiger partial charge in [0, 0.05) is 0 Å². The summed E-state index contributed by atoms with van der Waals surface area (Å²) >= 11 is 0. The van der Waals surface area contributed by atoms with Crippen molar-refractivity contribution < 1.29 is 235 Å². The zero-order valence-electron chi connectivity index (χ0n) is 31.7. The van der Waals surface area contributed by atoms with Gasteiger partial charge in [-0.3, -0.25) is 19.0 Å². The number of ether oxygens (including phenoxy) is 6. The van der Waals surface area contributed by atoms with Crippen molar-refractivity contribution in [3.05, 3.63) is 0 Å². The molecule has 0 amide bonds. The number of Topliss-reactive ketones (excluding diaryl/α,β-unsaturated/α-hetero) is 1. The van der Waals surface area contributed by atoms with Gasteiger partial charge in [0.25, 0.3) is 5.78 Å². The maximum atomic E-state index is 14.9. The molecule has 7 nitrogen and oxygen atoms in total. The Labute approximate surface area is 375 Å². The summed E-state index contributed by atoms with van der Waals surface area (Å²) in [6, 6.07) is 0. The number of carbonyl (C=O) groups excluding carboxylic acids is 1. The van der Waals surface area contributed by atoms with Crippen molar-refractivity contribution in [1.29, 1.82) is 0 Å². The number of ketones is 1. The van der Waals surface area contributed by atoms with E-state index in [-0.39, 0.29) is 0 Å². The van der Waals surface area contributed by atoms with E-state index in [0.29, 0.717) is 23.7 Å². The molecular weight excluding hydrogens is 1260 g/mol. The molecule has 456 valence electrons. The average Bonchev–Trinajstić information content (AvgIpc) is 3.09. The molecule has 3 atom stereocenters. The fourth-order valence-corrected chi connectivity index (χ4v) is 3.38. The van der Waals surface area contributed by atoms with Crippen LogP contribution in [0, 0.1) is 0 Å². The number of alkyl halides is 46. The van der Waals surface area contributed by atoms with Gasteiger partial charge in [0.15, 0.2) is 0 Å². The van der Waals surface area contributed by atoms with Crippen molar-refractivity contribution in [2.75, 3.05) is 0 Å². The fraction of sp³-hybridized carbons (Fsp3) is 0.957. The smallest absolute Gasteiger partial charge is 0.286 e. The van der Waals surface area contributed by atoms with Crippen LogP contribution in [0.2, 0.25) is 0 Å². The summed E-state index contributed by atoms with van der Waals surface area (Å²) < 4.78 is 621. The molecule has 0 rings (SSSR count). The van der Waals surface area contributed by atoms with Crippen molar-refractivity contribution in [2.24, 2.45) is 0 Å². The van der Waals surface area contributed by atoms with E-state index in [9.17, 15) is 207 Å². The normalized spacial score (nSPS) is 18.8. The molecule has 76 heavy (non-hydrogen) atoms. The van der Waals surface area contributed by atoms with Crippen LogP contribution in [0.1, 0.15) is 0 Å². The summed E-state index contributed by atoms with van der Waals surface area (Å²) in [5, 5.41) is 0. The summed E-state index contributed by atoms with van der Waals surface area (Å²) in [7, 11) is 0. The molecule has 0 spiro atoms. The predicted octanol–water partition coefficient (Wildman–Crippen LogP) is 14.0. The second-order valence-electron chi connectivity index (χ2n) is 12.7. The Morgan fingerprint density at radius 3 is 0.539 bits per heavy atom. The molecule has 53 heteroatoms. The number of rotatable bonds is 23. The number of hydrogen-bond acceptors (Lipinski definition) is 7. The lowest BCUT2D eigenvalue weighted by atomic mass is 10.0. The van der Waals surface area contributed by atoms with E-state index in [1.165, 1.54) is 0 Å². The van der Waals surface area contributed by atoms with Crippen LogP contribution in [0.3, 0.4) is 0 Å². The Kier molecular flexibility index (Phi) is 17.7. The topological polar surface area (TPSA) is 72.5 Å². The van der Waals surface area contributed by atoms with Crippen molar-refractivity contribution >= 4 is 5.78 Å². The Bertz CT molecular complexity index is 2050. The van der Waals surface area contributed by atoms with Gasteiger partial charge in [0.2, 0.25) is 0 Å². The van der Waals surface area contributed by atoms with Gasteiger partial charge < -0.3 is 0 Å². The molecule has 0 aromatic heterocycles. The van der Waals surface area contributed by atoms with E-state index >= 15 is 0 Å². The van der Waals surface area contributed by atoms with E-state index in [1.807, 2.05) is 0 Å². The summed E-state index contributed by atoms with van der Waals surface area (Å²) in [6.45, 7) is 0. The SMILES string of the molecule is O=C(C(F)(OC(F)(F)C(F)(F)C(F)(F)OC(F)(F)C(F)(F)C(F)(F)OC(F)(F)C(F)(F)C(F)(F)F)C(F)(F)F)C(F)(OC(F)(F)C(F)(OC(F)(F)C(F)(F)C(F)(F)OC(F)(F)C(F)(F)C(F)(F)F)C(F)(F)F)C(F)(F)F. The van der Waals surface area contributed by atoms with E-state index in [4.69, 9.17) is 0 Å². The molecule has 0 N–H and O–H groups in total. The second-order valence-corrected chi connectivity index (χ2v) is 12.7. The maximum Gasteiger partial charge on any atom is 0.462 e. The van der Waals surface area contributed by atoms with Gasteiger partial charge in [0.1, 0.15) is 0 Å². The van der Waals surface area contributed by atoms with Crippen molar-refractivity contribution in [3.8, 4) is 0 Å². The Hall–Kier alpha value is -3.79. The van der Waals surface area contributed by atoms with Crippen LogP contribution in [-0.4, -0.2) is 139 Å². The van der Waals surface area contributed by atoms with Gasteiger partial charge in [0.05, 0.1) is 0 Å². The minimum absolute atomic E-state index is 0.594. The van der Waals surface area contributed by atoms with Gasteiger partial charge in [-0.25, -0.2) is 14.2 Å². The first-order valence-electron chi connectivity index (χ1n) is 15.3. The Balaban J connectivity index is 7.89. The molecule has 0 radical (unpaired) electrons. The molecule has 0 aliphatic carbocycles. The fourth-order valence-electron chi connectivity index (χ4n) is 3.38. The zero-order valence-corrected chi connectivity index (χ0v) is 31.7. The van der Waals surface area contributed by atoms with E-state index in [0.717, 1.165) is 4.74 Å². The summed E-state index contributed by atoms with van der Waals surface area (Å²) in [4.78, 5) is 11.8. The van der Waals surface area contributed by atoms with Crippen molar-refractivity contribution in [2.45, 2.75) is 133 Å². The molecule has 0 aliphatic heterocycles. The van der Waals surface area contributed by atoms with Crippen LogP contribution in [-0.2, 0) is 33.2 Å². The minimum atomic E-state index is -9.76. The van der Waals surface area contributed by atoms with E-state index in [1.54, 1.807) is 0 Å². The lowest BCUT2D eigenvalue weighted by Gasteiger charge is -2.42. The summed E-state index contributed by atoms with van der Waals surface area (Å²) in [5.41, 5.74) is 0. The Morgan fingerprint density at radius 2 is 0.355 bits per heavy atom. The predicted molar refractivity (Wildman–Crippen MR) is 123 cm³/mol. The number of halogens is 46. The average molecular weight is 1260 g/mol. The van der Waals surface area contributed by atoms with Crippen LogP contribution < -0.4 is 0 Å². The first kappa shape index (κ1) is 72.2. The molecule has 0 aromatic carbocycles. The first-order chi connectivity index (χ1) is 31.9. The highest BCUT2D eigenvalue weighted by Gasteiger charge is 2.91. The third kappa shape index (κ3) is 11.6. The standard InChI is InChI=1S/C23F46O7/c24-2(10(37,38)39,71-17(56,57)6(30,31)19(60,61)76-22(66,67)8(34,35)21(64,65)75-16(54,55)5(28,29)13(46,47)48)1(70)3(25,11(40,41)42)72-23(68,69)9(36,14(49,50)51)73-18(58,59)7(32,33)20(62,63)74-15(52,53)4(26,27)12(43,44)45. The third-order valence-electron chi connectivity index (χ3n) is 7.26. The zero-order chi connectivity index (χ0) is 62.8. The monoisotopic (exact) mass is 1260 g/mol. The summed E-state index contributed by atoms with van der Waals surface area (Å²) in [6.07, 6.45) is -127. The van der Waals surface area contributed by atoms with Gasteiger partial charge in [-0.1, -0.05) is 0 Å².